The normalized spacial score (nSPS) is 25.9. The van der Waals surface area contributed by atoms with E-state index < -0.39 is 12.1 Å². The third kappa shape index (κ3) is 6.59. The summed E-state index contributed by atoms with van der Waals surface area (Å²) >= 11 is 0. The van der Waals surface area contributed by atoms with Crippen LogP contribution in [0.25, 0.3) is 0 Å². The van der Waals surface area contributed by atoms with Crippen molar-refractivity contribution >= 4 is 5.91 Å². The zero-order chi connectivity index (χ0) is 28.9. The molecular formula is C34H40N2O6. The van der Waals surface area contributed by atoms with Crippen molar-refractivity contribution in [2.45, 2.75) is 57.2 Å². The summed E-state index contributed by atoms with van der Waals surface area (Å²) in [5, 5.41) is 12.5. The van der Waals surface area contributed by atoms with Gasteiger partial charge in [-0.05, 0) is 28.8 Å². The Morgan fingerprint density at radius 2 is 1.52 bits per heavy atom. The molecule has 0 bridgehead atoms. The molecule has 1 spiro atoms. The van der Waals surface area contributed by atoms with Crippen molar-refractivity contribution in [1.82, 2.24) is 10.2 Å². The topological polar surface area (TPSA) is 89.5 Å². The maximum Gasteiger partial charge on any atom is 0.251 e. The summed E-state index contributed by atoms with van der Waals surface area (Å²) in [5.74, 6) is -0.385. The maximum absolute atomic E-state index is 12.5. The zero-order valence-electron chi connectivity index (χ0n) is 24.1. The SMILES string of the molecule is C[C@@H]1[C@H](CN2CCC3(CC2)OCCO3)O[C@H](c2ccc(CNC(=O)c3ccccc3)cc2)O[C@@H]1c1ccc(CO)cc1. The highest BCUT2D eigenvalue weighted by Gasteiger charge is 2.43. The third-order valence-corrected chi connectivity index (χ3v) is 8.73. The Morgan fingerprint density at radius 1 is 0.881 bits per heavy atom. The van der Waals surface area contributed by atoms with Crippen LogP contribution in [0.3, 0.4) is 0 Å². The lowest BCUT2D eigenvalue weighted by Gasteiger charge is -2.44. The van der Waals surface area contributed by atoms with Crippen LogP contribution in [0.2, 0.25) is 0 Å². The minimum Gasteiger partial charge on any atom is -0.392 e. The summed E-state index contributed by atoms with van der Waals surface area (Å²) < 4.78 is 25.1. The van der Waals surface area contributed by atoms with Gasteiger partial charge in [0.25, 0.3) is 5.91 Å². The standard InChI is InChI=1S/C34H40N2O6/c1-24-30(22-36-17-15-34(16-18-36)39-19-20-40-34)41-33(42-31(24)27-11-9-26(23-37)10-12-27)29-13-7-25(8-14-29)21-35-32(38)28-5-3-2-4-6-28/h2-14,24,30-31,33,37H,15-23H2,1H3,(H,35,38)/t24-,30+,31+,33+/m1/s1. The molecule has 1 amide bonds. The molecule has 8 heteroatoms. The number of nitrogens with zero attached hydrogens (tertiary/aromatic N) is 1. The van der Waals surface area contributed by atoms with E-state index in [2.05, 4.69) is 17.1 Å². The van der Waals surface area contributed by atoms with Gasteiger partial charge in [-0.3, -0.25) is 4.79 Å². The first-order valence-electron chi connectivity index (χ1n) is 14.9. The zero-order valence-corrected chi connectivity index (χ0v) is 24.1. The maximum atomic E-state index is 12.5. The Morgan fingerprint density at radius 3 is 2.19 bits per heavy atom. The van der Waals surface area contributed by atoms with Crippen LogP contribution in [0.15, 0.2) is 78.9 Å². The number of aliphatic hydroxyl groups is 1. The summed E-state index contributed by atoms with van der Waals surface area (Å²) in [5.41, 5.74) is 4.53. The average Bonchev–Trinajstić information content (AvgIpc) is 3.50. The fourth-order valence-electron chi connectivity index (χ4n) is 6.11. The number of aliphatic hydroxyl groups excluding tert-OH is 1. The van der Waals surface area contributed by atoms with Gasteiger partial charge in [-0.25, -0.2) is 0 Å². The van der Waals surface area contributed by atoms with E-state index in [0.717, 1.165) is 54.7 Å². The van der Waals surface area contributed by atoms with Gasteiger partial charge in [0, 0.05) is 56.1 Å². The summed E-state index contributed by atoms with van der Waals surface area (Å²) in [6.07, 6.45) is 0.990. The monoisotopic (exact) mass is 572 g/mol. The first-order valence-corrected chi connectivity index (χ1v) is 14.9. The third-order valence-electron chi connectivity index (χ3n) is 8.73. The predicted molar refractivity (Wildman–Crippen MR) is 157 cm³/mol. The van der Waals surface area contributed by atoms with Crippen molar-refractivity contribution in [2.24, 2.45) is 5.92 Å². The number of carbonyl (C=O) groups excluding carboxylic acids is 1. The Bertz CT molecular complexity index is 1300. The van der Waals surface area contributed by atoms with Crippen molar-refractivity contribution in [3.63, 3.8) is 0 Å². The number of benzene rings is 3. The van der Waals surface area contributed by atoms with Crippen molar-refractivity contribution in [3.05, 3.63) is 107 Å². The van der Waals surface area contributed by atoms with Crippen molar-refractivity contribution in [1.29, 1.82) is 0 Å². The molecule has 8 nitrogen and oxygen atoms in total. The Balaban J connectivity index is 1.15. The van der Waals surface area contributed by atoms with Gasteiger partial charge in [0.05, 0.1) is 32.0 Å². The molecule has 2 N–H and O–H groups in total. The largest absolute Gasteiger partial charge is 0.392 e. The van der Waals surface area contributed by atoms with Gasteiger partial charge in [0.15, 0.2) is 12.1 Å². The summed E-state index contributed by atoms with van der Waals surface area (Å²) in [4.78, 5) is 14.9. The molecule has 0 saturated carbocycles. The number of likely N-dealkylation sites (tertiary alicyclic amines) is 1. The molecule has 222 valence electrons. The molecule has 42 heavy (non-hydrogen) atoms. The molecule has 0 unspecified atom stereocenters. The Labute approximate surface area is 247 Å². The highest BCUT2D eigenvalue weighted by molar-refractivity contribution is 5.94. The number of hydrogen-bond acceptors (Lipinski definition) is 7. The molecule has 3 aliphatic rings. The van der Waals surface area contributed by atoms with E-state index in [4.69, 9.17) is 18.9 Å². The average molecular weight is 573 g/mol. The Hall–Kier alpha value is -3.11. The van der Waals surface area contributed by atoms with Crippen LogP contribution in [0.4, 0.5) is 0 Å². The lowest BCUT2D eigenvalue weighted by atomic mass is 9.89. The number of rotatable bonds is 8. The lowest BCUT2D eigenvalue weighted by Crippen LogP contribution is -2.50. The molecule has 3 saturated heterocycles. The van der Waals surface area contributed by atoms with E-state index in [1.165, 1.54) is 0 Å². The van der Waals surface area contributed by atoms with E-state index in [1.54, 1.807) is 12.1 Å². The van der Waals surface area contributed by atoms with Gasteiger partial charge >= 0.3 is 0 Å². The van der Waals surface area contributed by atoms with E-state index in [9.17, 15) is 9.90 Å². The second-order valence-corrected chi connectivity index (χ2v) is 11.5. The molecule has 0 radical (unpaired) electrons. The molecule has 3 fully saturated rings. The van der Waals surface area contributed by atoms with Crippen LogP contribution in [0.5, 0.6) is 0 Å². The van der Waals surface area contributed by atoms with E-state index >= 15 is 0 Å². The van der Waals surface area contributed by atoms with Crippen LogP contribution in [-0.2, 0) is 32.1 Å². The van der Waals surface area contributed by atoms with E-state index in [0.29, 0.717) is 25.3 Å². The highest BCUT2D eigenvalue weighted by Crippen LogP contribution is 2.42. The highest BCUT2D eigenvalue weighted by atomic mass is 16.7. The van der Waals surface area contributed by atoms with Crippen molar-refractivity contribution in [3.8, 4) is 0 Å². The summed E-state index contributed by atoms with van der Waals surface area (Å²) in [6, 6.07) is 25.3. The number of nitrogens with one attached hydrogen (secondary N) is 1. The lowest BCUT2D eigenvalue weighted by molar-refractivity contribution is -0.278. The smallest absolute Gasteiger partial charge is 0.251 e. The quantitative estimate of drug-likeness (QED) is 0.403. The van der Waals surface area contributed by atoms with Crippen LogP contribution in [0, 0.1) is 5.92 Å². The molecule has 0 aliphatic carbocycles. The minimum absolute atomic E-state index is 0.0117. The first-order chi connectivity index (χ1) is 20.5. The van der Waals surface area contributed by atoms with Crippen LogP contribution in [0.1, 0.15) is 64.8 Å². The summed E-state index contributed by atoms with van der Waals surface area (Å²) in [6.45, 7) is 6.59. The van der Waals surface area contributed by atoms with Gasteiger partial charge in [-0.2, -0.15) is 0 Å². The molecule has 3 heterocycles. The van der Waals surface area contributed by atoms with E-state index in [-0.39, 0.29) is 30.6 Å². The number of amides is 1. The first kappa shape index (κ1) is 29.0. The van der Waals surface area contributed by atoms with Crippen LogP contribution in [-0.4, -0.2) is 60.7 Å². The molecule has 3 aromatic carbocycles. The number of piperidine rings is 1. The second kappa shape index (κ2) is 13.0. The van der Waals surface area contributed by atoms with Crippen LogP contribution < -0.4 is 5.32 Å². The summed E-state index contributed by atoms with van der Waals surface area (Å²) in [7, 11) is 0. The second-order valence-electron chi connectivity index (χ2n) is 11.5. The number of hydrogen-bond donors (Lipinski definition) is 2. The molecule has 4 atom stereocenters. The molecule has 3 aromatic rings. The molecule has 0 aromatic heterocycles. The number of carbonyl (C=O) groups is 1. The van der Waals surface area contributed by atoms with Gasteiger partial charge < -0.3 is 34.3 Å². The van der Waals surface area contributed by atoms with Gasteiger partial charge in [-0.15, -0.1) is 0 Å². The molecule has 3 aliphatic heterocycles. The Kier molecular flexibility index (Phi) is 9.00. The fourth-order valence-corrected chi connectivity index (χ4v) is 6.11. The minimum atomic E-state index is -0.528. The van der Waals surface area contributed by atoms with Crippen LogP contribution >= 0.6 is 0 Å². The molecular weight excluding hydrogens is 532 g/mol. The number of ether oxygens (including phenoxy) is 4. The van der Waals surface area contributed by atoms with Crippen molar-refractivity contribution in [2.75, 3.05) is 32.8 Å². The molecule has 6 rings (SSSR count). The fraction of sp³-hybridized carbons (Fsp3) is 0.441. The van der Waals surface area contributed by atoms with E-state index in [1.807, 2.05) is 66.7 Å². The van der Waals surface area contributed by atoms with Gasteiger partial charge in [0.1, 0.15) is 0 Å². The predicted octanol–water partition coefficient (Wildman–Crippen LogP) is 4.74. The van der Waals surface area contributed by atoms with Gasteiger partial charge in [-0.1, -0.05) is 73.7 Å². The van der Waals surface area contributed by atoms with Crippen molar-refractivity contribution < 1.29 is 28.8 Å². The van der Waals surface area contributed by atoms with Gasteiger partial charge in [0.2, 0.25) is 0 Å².